The van der Waals surface area contributed by atoms with Crippen LogP contribution in [0, 0.1) is 6.92 Å². The number of thioether (sulfide) groups is 2. The van der Waals surface area contributed by atoms with Crippen molar-refractivity contribution in [2.75, 3.05) is 0 Å². The standard InChI is InChI=1S/C19H18Cl2N2S2/c1-13-5-3-4-6-18(13)25-11-16-17(22-23(2)19(16)21)12-24-15-9-7-14(20)8-10-15/h3-10H,11-12H2,1-2H3. The Balaban J connectivity index is 1.73. The van der Waals surface area contributed by atoms with Crippen LogP contribution in [-0.4, -0.2) is 9.78 Å². The number of aryl methyl sites for hydroxylation is 2. The summed E-state index contributed by atoms with van der Waals surface area (Å²) in [7, 11) is 1.89. The van der Waals surface area contributed by atoms with Crippen LogP contribution in [0.4, 0.5) is 0 Å². The van der Waals surface area contributed by atoms with Crippen LogP contribution in [0.5, 0.6) is 0 Å². The van der Waals surface area contributed by atoms with Crippen LogP contribution in [0.2, 0.25) is 10.2 Å². The van der Waals surface area contributed by atoms with Gasteiger partial charge in [-0.2, -0.15) is 5.10 Å². The zero-order valence-corrected chi connectivity index (χ0v) is 17.1. The molecule has 0 atom stereocenters. The number of rotatable bonds is 6. The molecule has 0 bridgehead atoms. The Morgan fingerprint density at radius 2 is 1.68 bits per heavy atom. The van der Waals surface area contributed by atoms with Gasteiger partial charge in [-0.25, -0.2) is 0 Å². The van der Waals surface area contributed by atoms with Gasteiger partial charge in [-0.15, -0.1) is 23.5 Å². The number of nitrogens with zero attached hydrogens (tertiary/aromatic N) is 2. The van der Waals surface area contributed by atoms with Gasteiger partial charge < -0.3 is 0 Å². The van der Waals surface area contributed by atoms with E-state index in [-0.39, 0.29) is 0 Å². The molecule has 130 valence electrons. The molecule has 0 radical (unpaired) electrons. The SMILES string of the molecule is Cc1ccccc1SCc1c(CSc2ccc(Cl)cc2)nn(C)c1Cl. The Bertz CT molecular complexity index is 860. The lowest BCUT2D eigenvalue weighted by Gasteiger charge is -2.06. The zero-order chi connectivity index (χ0) is 17.8. The molecule has 6 heteroatoms. The lowest BCUT2D eigenvalue weighted by atomic mass is 10.2. The molecule has 0 saturated carbocycles. The molecule has 0 aliphatic carbocycles. The van der Waals surface area contributed by atoms with Gasteiger partial charge in [0.1, 0.15) is 5.15 Å². The Morgan fingerprint density at radius 3 is 2.40 bits per heavy atom. The minimum Gasteiger partial charge on any atom is -0.256 e. The van der Waals surface area contributed by atoms with Crippen molar-refractivity contribution in [3.63, 3.8) is 0 Å². The Kier molecular flexibility index (Phi) is 6.39. The molecule has 3 rings (SSSR count). The quantitative estimate of drug-likeness (QED) is 0.426. The van der Waals surface area contributed by atoms with Crippen LogP contribution in [0.3, 0.4) is 0 Å². The third-order valence-corrected chi connectivity index (χ3v) is 6.76. The van der Waals surface area contributed by atoms with Gasteiger partial charge in [0.25, 0.3) is 0 Å². The molecule has 0 aliphatic rings. The number of aromatic nitrogens is 2. The highest BCUT2D eigenvalue weighted by Crippen LogP contribution is 2.33. The van der Waals surface area contributed by atoms with E-state index in [9.17, 15) is 0 Å². The van der Waals surface area contributed by atoms with E-state index >= 15 is 0 Å². The molecule has 0 spiro atoms. The monoisotopic (exact) mass is 408 g/mol. The average molecular weight is 409 g/mol. The summed E-state index contributed by atoms with van der Waals surface area (Å²) in [5.41, 5.74) is 3.43. The number of hydrogen-bond acceptors (Lipinski definition) is 3. The molecule has 1 heterocycles. The topological polar surface area (TPSA) is 17.8 Å². The molecule has 0 N–H and O–H groups in total. The highest BCUT2D eigenvalue weighted by molar-refractivity contribution is 7.99. The number of benzene rings is 2. The third-order valence-electron chi connectivity index (χ3n) is 3.81. The van der Waals surface area contributed by atoms with Crippen molar-refractivity contribution in [1.29, 1.82) is 0 Å². The maximum absolute atomic E-state index is 6.48. The van der Waals surface area contributed by atoms with Gasteiger partial charge in [0.05, 0.1) is 5.69 Å². The highest BCUT2D eigenvalue weighted by atomic mass is 35.5. The second kappa shape index (κ2) is 8.54. The molecule has 25 heavy (non-hydrogen) atoms. The van der Waals surface area contributed by atoms with Gasteiger partial charge in [0.15, 0.2) is 0 Å². The average Bonchev–Trinajstić information content (AvgIpc) is 2.88. The molecule has 0 fully saturated rings. The number of halogens is 2. The molecule has 0 amide bonds. The molecular weight excluding hydrogens is 391 g/mol. The summed E-state index contributed by atoms with van der Waals surface area (Å²) in [6, 6.07) is 16.3. The third kappa shape index (κ3) is 4.76. The predicted octanol–water partition coefficient (Wildman–Crippen LogP) is 6.62. The summed E-state index contributed by atoms with van der Waals surface area (Å²) in [4.78, 5) is 2.45. The zero-order valence-electron chi connectivity index (χ0n) is 14.0. The van der Waals surface area contributed by atoms with Gasteiger partial charge in [0.2, 0.25) is 0 Å². The van der Waals surface area contributed by atoms with E-state index in [1.165, 1.54) is 15.4 Å². The van der Waals surface area contributed by atoms with E-state index < -0.39 is 0 Å². The Labute approximate surface area is 166 Å². The summed E-state index contributed by atoms with van der Waals surface area (Å²) in [6.07, 6.45) is 0. The number of hydrogen-bond donors (Lipinski definition) is 0. The van der Waals surface area contributed by atoms with E-state index in [1.807, 2.05) is 31.3 Å². The minimum atomic E-state index is 0.716. The van der Waals surface area contributed by atoms with Crippen LogP contribution in [0.25, 0.3) is 0 Å². The molecule has 3 aromatic rings. The summed E-state index contributed by atoms with van der Waals surface area (Å²) >= 11 is 16.0. The van der Waals surface area contributed by atoms with Crippen LogP contribution < -0.4 is 0 Å². The Morgan fingerprint density at radius 1 is 0.960 bits per heavy atom. The van der Waals surface area contributed by atoms with Crippen molar-refractivity contribution in [1.82, 2.24) is 9.78 Å². The van der Waals surface area contributed by atoms with E-state index in [4.69, 9.17) is 23.2 Å². The first-order chi connectivity index (χ1) is 12.0. The fraction of sp³-hybridized carbons (Fsp3) is 0.211. The van der Waals surface area contributed by atoms with Crippen molar-refractivity contribution in [3.05, 3.63) is 75.5 Å². The summed E-state index contributed by atoms with van der Waals surface area (Å²) in [6.45, 7) is 2.13. The second-order valence-corrected chi connectivity index (χ2v) is 8.50. The van der Waals surface area contributed by atoms with Crippen molar-refractivity contribution >= 4 is 46.7 Å². The van der Waals surface area contributed by atoms with Crippen molar-refractivity contribution in [2.24, 2.45) is 7.05 Å². The van der Waals surface area contributed by atoms with Gasteiger partial charge in [-0.1, -0.05) is 41.4 Å². The minimum absolute atomic E-state index is 0.716. The van der Waals surface area contributed by atoms with E-state index in [2.05, 4.69) is 36.3 Å². The second-order valence-electron chi connectivity index (χ2n) is 5.64. The van der Waals surface area contributed by atoms with Gasteiger partial charge in [-0.3, -0.25) is 4.68 Å². The molecular formula is C19H18Cl2N2S2. The lowest BCUT2D eigenvalue weighted by molar-refractivity contribution is 0.755. The first kappa shape index (κ1) is 18.7. The largest absolute Gasteiger partial charge is 0.256 e. The first-order valence-corrected chi connectivity index (χ1v) is 10.5. The molecule has 0 unspecified atom stereocenters. The maximum Gasteiger partial charge on any atom is 0.131 e. The predicted molar refractivity (Wildman–Crippen MR) is 110 cm³/mol. The van der Waals surface area contributed by atoms with Crippen LogP contribution in [0.15, 0.2) is 58.3 Å². The van der Waals surface area contributed by atoms with Crippen molar-refractivity contribution < 1.29 is 0 Å². The highest BCUT2D eigenvalue weighted by Gasteiger charge is 2.15. The first-order valence-electron chi connectivity index (χ1n) is 7.81. The lowest BCUT2D eigenvalue weighted by Crippen LogP contribution is -1.91. The fourth-order valence-electron chi connectivity index (χ4n) is 2.41. The normalized spacial score (nSPS) is 11.0. The van der Waals surface area contributed by atoms with Gasteiger partial charge in [-0.05, 0) is 42.8 Å². The van der Waals surface area contributed by atoms with Crippen molar-refractivity contribution in [3.8, 4) is 0 Å². The van der Waals surface area contributed by atoms with Crippen LogP contribution in [0.1, 0.15) is 16.8 Å². The summed E-state index contributed by atoms with van der Waals surface area (Å²) < 4.78 is 1.76. The summed E-state index contributed by atoms with van der Waals surface area (Å²) in [5, 5.41) is 6.07. The van der Waals surface area contributed by atoms with Gasteiger partial charge in [0, 0.05) is 38.9 Å². The molecule has 1 aromatic heterocycles. The van der Waals surface area contributed by atoms with E-state index in [0.717, 1.165) is 27.8 Å². The van der Waals surface area contributed by atoms with Crippen LogP contribution >= 0.6 is 46.7 Å². The van der Waals surface area contributed by atoms with Crippen molar-refractivity contribution in [2.45, 2.75) is 28.2 Å². The Hall–Kier alpha value is -1.07. The van der Waals surface area contributed by atoms with E-state index in [1.54, 1.807) is 28.2 Å². The fourth-order valence-corrected chi connectivity index (χ4v) is 4.77. The molecule has 2 aromatic carbocycles. The van der Waals surface area contributed by atoms with E-state index in [0.29, 0.717) is 5.15 Å². The molecule has 0 aliphatic heterocycles. The smallest absolute Gasteiger partial charge is 0.131 e. The van der Waals surface area contributed by atoms with Crippen LogP contribution in [-0.2, 0) is 18.6 Å². The summed E-state index contributed by atoms with van der Waals surface area (Å²) in [5.74, 6) is 1.60. The molecule has 0 saturated heterocycles. The maximum atomic E-state index is 6.48. The molecule has 2 nitrogen and oxygen atoms in total. The van der Waals surface area contributed by atoms with Gasteiger partial charge >= 0.3 is 0 Å².